The average molecular weight is 331 g/mol. The molecule has 1 fully saturated rings. The van der Waals surface area contributed by atoms with Crippen molar-refractivity contribution in [2.45, 2.75) is 38.7 Å². The van der Waals surface area contributed by atoms with Crippen molar-refractivity contribution in [1.82, 2.24) is 15.1 Å². The molecule has 1 saturated carbocycles. The van der Waals surface area contributed by atoms with Gasteiger partial charge < -0.3 is 10.4 Å². The Morgan fingerprint density at radius 3 is 2.71 bits per heavy atom. The van der Waals surface area contributed by atoms with Crippen molar-refractivity contribution in [2.75, 3.05) is 6.54 Å². The molecule has 1 atom stereocenters. The van der Waals surface area contributed by atoms with Crippen LogP contribution in [0, 0.1) is 18.7 Å². The summed E-state index contributed by atoms with van der Waals surface area (Å²) in [5, 5.41) is 17.2. The van der Waals surface area contributed by atoms with E-state index < -0.39 is 6.10 Å². The van der Waals surface area contributed by atoms with Gasteiger partial charge in [-0.2, -0.15) is 5.10 Å². The number of aromatic nitrogens is 2. The first-order chi connectivity index (χ1) is 11.6. The highest BCUT2D eigenvalue weighted by Gasteiger charge is 2.24. The number of rotatable bonds is 5. The topological polar surface area (TPSA) is 67.2 Å². The van der Waals surface area contributed by atoms with Crippen molar-refractivity contribution in [3.63, 3.8) is 0 Å². The molecule has 0 radical (unpaired) electrons. The van der Waals surface area contributed by atoms with Crippen LogP contribution >= 0.6 is 0 Å². The van der Waals surface area contributed by atoms with E-state index in [-0.39, 0.29) is 24.2 Å². The fourth-order valence-corrected chi connectivity index (χ4v) is 3.28. The number of benzene rings is 1. The van der Waals surface area contributed by atoms with E-state index in [9.17, 15) is 14.3 Å². The first-order valence-corrected chi connectivity index (χ1v) is 8.33. The van der Waals surface area contributed by atoms with Gasteiger partial charge in [-0.25, -0.2) is 9.07 Å². The number of hydrogen-bond donors (Lipinski definition) is 2. The van der Waals surface area contributed by atoms with Crippen molar-refractivity contribution in [3.8, 4) is 5.69 Å². The van der Waals surface area contributed by atoms with Gasteiger partial charge in [0.15, 0.2) is 0 Å². The Morgan fingerprint density at radius 1 is 1.38 bits per heavy atom. The van der Waals surface area contributed by atoms with Crippen molar-refractivity contribution < 1.29 is 14.3 Å². The first-order valence-electron chi connectivity index (χ1n) is 8.33. The van der Waals surface area contributed by atoms with Gasteiger partial charge >= 0.3 is 0 Å². The standard InChI is InChI=1S/C18H22FN3O2/c1-12-16(10-21-22(12)15-8-6-14(19)7-9-15)18(24)20-11-17(23)13-4-2-3-5-13/h6-10,13,17,23H,2-5,11H2,1H3,(H,20,24). The van der Waals surface area contributed by atoms with E-state index in [0.717, 1.165) is 25.7 Å². The molecule has 5 nitrogen and oxygen atoms in total. The number of carbonyl (C=O) groups excluding carboxylic acids is 1. The van der Waals surface area contributed by atoms with Gasteiger partial charge in [-0.1, -0.05) is 12.8 Å². The van der Waals surface area contributed by atoms with Crippen LogP contribution in [0.5, 0.6) is 0 Å². The molecule has 1 heterocycles. The number of hydrogen-bond acceptors (Lipinski definition) is 3. The quantitative estimate of drug-likeness (QED) is 0.885. The average Bonchev–Trinajstić information content (AvgIpc) is 3.23. The predicted molar refractivity (Wildman–Crippen MR) is 88.6 cm³/mol. The maximum atomic E-state index is 13.0. The van der Waals surface area contributed by atoms with Gasteiger partial charge in [0.05, 0.1) is 29.2 Å². The first kappa shape index (κ1) is 16.6. The second kappa shape index (κ2) is 7.13. The Hall–Kier alpha value is -2.21. The third-order valence-electron chi connectivity index (χ3n) is 4.74. The zero-order valence-electron chi connectivity index (χ0n) is 13.7. The van der Waals surface area contributed by atoms with Gasteiger partial charge in [0, 0.05) is 6.54 Å². The molecule has 0 aliphatic heterocycles. The SMILES string of the molecule is Cc1c(C(=O)NCC(O)C2CCCC2)cnn1-c1ccc(F)cc1. The Kier molecular flexibility index (Phi) is 4.94. The Morgan fingerprint density at radius 2 is 2.04 bits per heavy atom. The van der Waals surface area contributed by atoms with Gasteiger partial charge in [-0.05, 0) is 49.9 Å². The number of halogens is 1. The monoisotopic (exact) mass is 331 g/mol. The molecule has 1 aromatic heterocycles. The van der Waals surface area contributed by atoms with E-state index in [1.807, 2.05) is 0 Å². The van der Waals surface area contributed by atoms with Crippen molar-refractivity contribution in [1.29, 1.82) is 0 Å². The van der Waals surface area contributed by atoms with Gasteiger partial charge in [0.25, 0.3) is 5.91 Å². The summed E-state index contributed by atoms with van der Waals surface area (Å²) in [5.74, 6) is -0.284. The lowest BCUT2D eigenvalue weighted by molar-refractivity contribution is 0.0840. The highest BCUT2D eigenvalue weighted by molar-refractivity contribution is 5.95. The zero-order chi connectivity index (χ0) is 17.1. The maximum absolute atomic E-state index is 13.0. The smallest absolute Gasteiger partial charge is 0.254 e. The summed E-state index contributed by atoms with van der Waals surface area (Å²) in [7, 11) is 0. The Balaban J connectivity index is 1.66. The van der Waals surface area contributed by atoms with E-state index >= 15 is 0 Å². The van der Waals surface area contributed by atoms with Crippen LogP contribution in [0.15, 0.2) is 30.5 Å². The molecule has 0 bridgehead atoms. The van der Waals surface area contributed by atoms with Crippen LogP contribution in [-0.2, 0) is 0 Å². The fraction of sp³-hybridized carbons (Fsp3) is 0.444. The summed E-state index contributed by atoms with van der Waals surface area (Å²) in [4.78, 5) is 12.3. The van der Waals surface area contributed by atoms with E-state index in [1.54, 1.807) is 23.7 Å². The van der Waals surface area contributed by atoms with Crippen LogP contribution in [0.25, 0.3) is 5.69 Å². The lowest BCUT2D eigenvalue weighted by atomic mass is 10.0. The zero-order valence-corrected chi connectivity index (χ0v) is 13.7. The molecule has 1 aromatic carbocycles. The van der Waals surface area contributed by atoms with Gasteiger partial charge in [0.2, 0.25) is 0 Å². The Labute approximate surface area is 140 Å². The van der Waals surface area contributed by atoms with Gasteiger partial charge in [0.1, 0.15) is 5.82 Å². The largest absolute Gasteiger partial charge is 0.391 e. The molecule has 1 amide bonds. The third-order valence-corrected chi connectivity index (χ3v) is 4.74. The minimum Gasteiger partial charge on any atom is -0.391 e. The molecular formula is C18H22FN3O2. The molecule has 2 aromatic rings. The molecule has 0 saturated heterocycles. The van der Waals surface area contributed by atoms with E-state index in [4.69, 9.17) is 0 Å². The molecule has 3 rings (SSSR count). The molecule has 6 heteroatoms. The number of aliphatic hydroxyl groups is 1. The minimum absolute atomic E-state index is 0.252. The molecule has 24 heavy (non-hydrogen) atoms. The summed E-state index contributed by atoms with van der Waals surface area (Å²) in [6, 6.07) is 5.93. The summed E-state index contributed by atoms with van der Waals surface area (Å²) in [5.41, 5.74) is 1.83. The van der Waals surface area contributed by atoms with E-state index in [2.05, 4.69) is 10.4 Å². The number of nitrogens with zero attached hydrogens (tertiary/aromatic N) is 2. The highest BCUT2D eigenvalue weighted by atomic mass is 19.1. The lowest BCUT2D eigenvalue weighted by Crippen LogP contribution is -2.35. The summed E-state index contributed by atoms with van der Waals surface area (Å²) >= 11 is 0. The molecule has 1 aliphatic carbocycles. The van der Waals surface area contributed by atoms with E-state index in [1.165, 1.54) is 18.3 Å². The van der Waals surface area contributed by atoms with E-state index in [0.29, 0.717) is 16.9 Å². The van der Waals surface area contributed by atoms with Crippen molar-refractivity contribution >= 4 is 5.91 Å². The van der Waals surface area contributed by atoms with Crippen LogP contribution in [-0.4, -0.2) is 33.4 Å². The molecule has 1 unspecified atom stereocenters. The summed E-state index contributed by atoms with van der Waals surface area (Å²) < 4.78 is 14.6. The van der Waals surface area contributed by atoms with Crippen LogP contribution in [0.1, 0.15) is 41.7 Å². The van der Waals surface area contributed by atoms with Crippen LogP contribution in [0.3, 0.4) is 0 Å². The highest BCUT2D eigenvalue weighted by Crippen LogP contribution is 2.27. The third kappa shape index (κ3) is 3.48. The van der Waals surface area contributed by atoms with Crippen molar-refractivity contribution in [3.05, 3.63) is 47.5 Å². The second-order valence-corrected chi connectivity index (χ2v) is 6.35. The molecule has 128 valence electrons. The van der Waals surface area contributed by atoms with Gasteiger partial charge in [-0.3, -0.25) is 4.79 Å². The van der Waals surface area contributed by atoms with Crippen LogP contribution in [0.4, 0.5) is 4.39 Å². The summed E-state index contributed by atoms with van der Waals surface area (Å²) in [6.45, 7) is 2.04. The normalized spacial score (nSPS) is 16.3. The van der Waals surface area contributed by atoms with Crippen molar-refractivity contribution in [2.24, 2.45) is 5.92 Å². The lowest BCUT2D eigenvalue weighted by Gasteiger charge is -2.18. The number of aliphatic hydroxyl groups excluding tert-OH is 1. The summed E-state index contributed by atoms with van der Waals surface area (Å²) in [6.07, 6.45) is 5.36. The van der Waals surface area contributed by atoms with Crippen LogP contribution < -0.4 is 5.32 Å². The van der Waals surface area contributed by atoms with Crippen LogP contribution in [0.2, 0.25) is 0 Å². The minimum atomic E-state index is -0.496. The number of nitrogens with one attached hydrogen (secondary N) is 1. The number of amides is 1. The van der Waals surface area contributed by atoms with Gasteiger partial charge in [-0.15, -0.1) is 0 Å². The fourth-order valence-electron chi connectivity index (χ4n) is 3.28. The molecule has 0 spiro atoms. The maximum Gasteiger partial charge on any atom is 0.254 e. The second-order valence-electron chi connectivity index (χ2n) is 6.35. The molecular weight excluding hydrogens is 309 g/mol. The number of carbonyl (C=O) groups is 1. The predicted octanol–water partition coefficient (Wildman–Crippen LogP) is 2.60. The molecule has 2 N–H and O–H groups in total. The molecule has 1 aliphatic rings. The Bertz CT molecular complexity index is 706.